The summed E-state index contributed by atoms with van der Waals surface area (Å²) in [5.74, 6) is 0.0935. The highest BCUT2D eigenvalue weighted by Crippen LogP contribution is 2.26. The van der Waals surface area contributed by atoms with E-state index in [1.807, 2.05) is 6.92 Å². The fraction of sp³-hybridized carbons (Fsp3) is 0.0769. The van der Waals surface area contributed by atoms with E-state index in [4.69, 9.17) is 0 Å². The minimum atomic E-state index is -0.364. The van der Waals surface area contributed by atoms with Gasteiger partial charge in [0.1, 0.15) is 5.82 Å². The maximum Gasteiger partial charge on any atom is 0.198 e. The molecule has 3 N–H and O–H groups in total. The van der Waals surface area contributed by atoms with Gasteiger partial charge in [0.2, 0.25) is 0 Å². The summed E-state index contributed by atoms with van der Waals surface area (Å²) in [6, 6.07) is 6.02. The third-order valence-corrected chi connectivity index (χ3v) is 2.80. The fourth-order valence-corrected chi connectivity index (χ4v) is 1.90. The van der Waals surface area contributed by atoms with Gasteiger partial charge in [-0.05, 0) is 25.1 Å². The molecule has 0 atom stereocenters. The molecule has 1 aromatic carbocycles. The molecule has 0 saturated heterocycles. The van der Waals surface area contributed by atoms with Gasteiger partial charge in [0.05, 0.1) is 5.56 Å². The molecule has 0 bridgehead atoms. The average Bonchev–Trinajstić information content (AvgIpc) is 2.90. The molecule has 19 heavy (non-hydrogen) atoms. The second kappa shape index (κ2) is 4.24. The van der Waals surface area contributed by atoms with Gasteiger partial charge in [0, 0.05) is 28.9 Å². The first-order valence-corrected chi connectivity index (χ1v) is 5.70. The molecule has 96 valence electrons. The molecule has 0 spiro atoms. The van der Waals surface area contributed by atoms with Crippen LogP contribution in [0.15, 0.2) is 29.3 Å². The summed E-state index contributed by atoms with van der Waals surface area (Å²) in [4.78, 5) is 6.91. The molecule has 0 saturated carbocycles. The molecule has 0 aliphatic heterocycles. The van der Waals surface area contributed by atoms with Gasteiger partial charge in [0.15, 0.2) is 11.7 Å². The zero-order valence-electron chi connectivity index (χ0n) is 10.1. The van der Waals surface area contributed by atoms with Crippen molar-refractivity contribution in [3.63, 3.8) is 0 Å². The van der Waals surface area contributed by atoms with Gasteiger partial charge in [-0.15, -0.1) is 0 Å². The number of aromatic nitrogens is 3. The maximum atomic E-state index is 13.2. The molecule has 5 nitrogen and oxygen atoms in total. The lowest BCUT2D eigenvalue weighted by atomic mass is 10.2. The summed E-state index contributed by atoms with van der Waals surface area (Å²) in [6.07, 6.45) is 1.46. The largest absolute Gasteiger partial charge is 0.494 e. The van der Waals surface area contributed by atoms with Crippen molar-refractivity contribution in [1.82, 2.24) is 15.2 Å². The van der Waals surface area contributed by atoms with Crippen LogP contribution in [0.1, 0.15) is 11.3 Å². The van der Waals surface area contributed by atoms with E-state index in [-0.39, 0.29) is 11.7 Å². The van der Waals surface area contributed by atoms with Gasteiger partial charge in [-0.3, -0.25) is 5.10 Å². The van der Waals surface area contributed by atoms with Gasteiger partial charge in [-0.25, -0.2) is 9.38 Å². The minimum absolute atomic E-state index is 0.0448. The first-order valence-electron chi connectivity index (χ1n) is 5.70. The summed E-state index contributed by atoms with van der Waals surface area (Å²) in [5.41, 5.74) is 1.98. The normalized spacial score (nSPS) is 11.7. The second-order valence-electron chi connectivity index (χ2n) is 4.24. The topological polar surface area (TPSA) is 77.1 Å². The number of H-pyrrole nitrogens is 2. The monoisotopic (exact) mass is 258 g/mol. The Morgan fingerprint density at radius 3 is 2.95 bits per heavy atom. The summed E-state index contributed by atoms with van der Waals surface area (Å²) in [6.45, 7) is 1.87. The third-order valence-electron chi connectivity index (χ3n) is 2.80. The summed E-state index contributed by atoms with van der Waals surface area (Å²) in [7, 11) is 0. The van der Waals surface area contributed by atoms with Crippen LogP contribution >= 0.6 is 0 Å². The molecule has 3 rings (SSSR count). The number of benzene rings is 1. The van der Waals surface area contributed by atoms with Gasteiger partial charge < -0.3 is 10.1 Å². The van der Waals surface area contributed by atoms with E-state index < -0.39 is 0 Å². The first-order chi connectivity index (χ1) is 9.13. The Balaban J connectivity index is 2.07. The van der Waals surface area contributed by atoms with Crippen LogP contribution in [0.25, 0.3) is 10.9 Å². The molecule has 0 amide bonds. The number of halogens is 1. The minimum Gasteiger partial charge on any atom is -0.494 e. The van der Waals surface area contributed by atoms with Crippen molar-refractivity contribution in [2.45, 2.75) is 6.92 Å². The van der Waals surface area contributed by atoms with Crippen molar-refractivity contribution in [2.75, 3.05) is 0 Å². The smallest absolute Gasteiger partial charge is 0.198 e. The van der Waals surface area contributed by atoms with Gasteiger partial charge >= 0.3 is 0 Å². The molecule has 0 radical (unpaired) electrons. The Morgan fingerprint density at radius 1 is 1.37 bits per heavy atom. The van der Waals surface area contributed by atoms with Crippen LogP contribution in [0, 0.1) is 12.7 Å². The number of aromatic amines is 2. The predicted molar refractivity (Wildman–Crippen MR) is 70.5 cm³/mol. The number of nitrogens with one attached hydrogen (secondary N) is 2. The summed E-state index contributed by atoms with van der Waals surface area (Å²) in [5, 5.41) is 17.1. The van der Waals surface area contributed by atoms with Crippen LogP contribution in [-0.2, 0) is 0 Å². The molecule has 0 unspecified atom stereocenters. The van der Waals surface area contributed by atoms with Crippen molar-refractivity contribution in [2.24, 2.45) is 4.99 Å². The summed E-state index contributed by atoms with van der Waals surface area (Å²) >= 11 is 0. The van der Waals surface area contributed by atoms with Crippen molar-refractivity contribution in [3.05, 3.63) is 41.3 Å². The lowest BCUT2D eigenvalue weighted by Gasteiger charge is -1.92. The zero-order valence-corrected chi connectivity index (χ0v) is 10.1. The lowest BCUT2D eigenvalue weighted by Crippen LogP contribution is -1.80. The molecular weight excluding hydrogens is 247 g/mol. The standard InChI is InChI=1S/C13H11FN4O/c1-7-4-12(18-17-7)15-6-10-9-5-8(14)2-3-11(9)16-13(10)19/h2-6,16,19H,1H3,(H,17,18). The predicted octanol–water partition coefficient (Wildman–Crippen LogP) is 2.79. The molecular formula is C13H11FN4O. The van der Waals surface area contributed by atoms with Crippen LogP contribution in [0.2, 0.25) is 0 Å². The lowest BCUT2D eigenvalue weighted by molar-refractivity contribution is 0.457. The molecule has 6 heteroatoms. The molecule has 0 aliphatic carbocycles. The molecule has 3 aromatic rings. The number of rotatable bonds is 2. The van der Waals surface area contributed by atoms with Crippen molar-refractivity contribution in [1.29, 1.82) is 0 Å². The Bertz CT molecular complexity index is 772. The second-order valence-corrected chi connectivity index (χ2v) is 4.24. The molecule has 0 fully saturated rings. The van der Waals surface area contributed by atoms with Gasteiger partial charge in [-0.2, -0.15) is 5.10 Å². The number of fused-ring (bicyclic) bond motifs is 1. The zero-order chi connectivity index (χ0) is 13.4. The SMILES string of the molecule is Cc1cc(N=Cc2c(O)[nH]c3ccc(F)cc23)n[nH]1. The Morgan fingerprint density at radius 2 is 2.21 bits per heavy atom. The molecule has 2 aromatic heterocycles. The fourth-order valence-electron chi connectivity index (χ4n) is 1.90. The van der Waals surface area contributed by atoms with Gasteiger partial charge in [0.25, 0.3) is 0 Å². The van der Waals surface area contributed by atoms with Crippen LogP contribution < -0.4 is 0 Å². The number of nitrogens with zero attached hydrogens (tertiary/aromatic N) is 2. The van der Waals surface area contributed by atoms with Gasteiger partial charge in [-0.1, -0.05) is 0 Å². The quantitative estimate of drug-likeness (QED) is 0.618. The van der Waals surface area contributed by atoms with E-state index in [0.29, 0.717) is 22.3 Å². The Kier molecular flexibility index (Phi) is 2.56. The van der Waals surface area contributed by atoms with Crippen molar-refractivity contribution in [3.8, 4) is 5.88 Å². The highest BCUT2D eigenvalue weighted by molar-refractivity contribution is 6.02. The molecule has 2 heterocycles. The number of hydrogen-bond donors (Lipinski definition) is 3. The van der Waals surface area contributed by atoms with E-state index in [1.165, 1.54) is 18.3 Å². The van der Waals surface area contributed by atoms with E-state index in [1.54, 1.807) is 12.1 Å². The Labute approximate surface area is 107 Å². The van der Waals surface area contributed by atoms with E-state index in [0.717, 1.165) is 5.69 Å². The van der Waals surface area contributed by atoms with Crippen molar-refractivity contribution < 1.29 is 9.50 Å². The van der Waals surface area contributed by atoms with Crippen LogP contribution in [0.5, 0.6) is 5.88 Å². The number of aryl methyl sites for hydroxylation is 1. The highest BCUT2D eigenvalue weighted by atomic mass is 19.1. The van der Waals surface area contributed by atoms with E-state index in [2.05, 4.69) is 20.2 Å². The highest BCUT2D eigenvalue weighted by Gasteiger charge is 2.09. The maximum absolute atomic E-state index is 13.2. The number of aromatic hydroxyl groups is 1. The summed E-state index contributed by atoms with van der Waals surface area (Å²) < 4.78 is 13.2. The van der Waals surface area contributed by atoms with E-state index in [9.17, 15) is 9.50 Å². The number of hydrogen-bond acceptors (Lipinski definition) is 3. The van der Waals surface area contributed by atoms with Crippen LogP contribution in [-0.4, -0.2) is 26.5 Å². The average molecular weight is 258 g/mol. The first kappa shape index (κ1) is 11.5. The van der Waals surface area contributed by atoms with Crippen LogP contribution in [0.4, 0.5) is 10.2 Å². The van der Waals surface area contributed by atoms with Crippen LogP contribution in [0.3, 0.4) is 0 Å². The van der Waals surface area contributed by atoms with Crippen molar-refractivity contribution >= 4 is 22.9 Å². The van der Waals surface area contributed by atoms with E-state index >= 15 is 0 Å². The number of aliphatic imine (C=N–C) groups is 1. The molecule has 0 aliphatic rings. The Hall–Kier alpha value is -2.63. The third kappa shape index (κ3) is 2.08.